The Morgan fingerprint density at radius 3 is 2.00 bits per heavy atom. The van der Waals surface area contributed by atoms with Crippen LogP contribution >= 0.6 is 0 Å². The van der Waals surface area contributed by atoms with Gasteiger partial charge in [0.15, 0.2) is 0 Å². The van der Waals surface area contributed by atoms with Crippen LogP contribution in [-0.4, -0.2) is 56.9 Å². The zero-order valence-corrected chi connectivity index (χ0v) is 20.4. The third-order valence-electron chi connectivity index (χ3n) is 6.66. The van der Waals surface area contributed by atoms with Crippen LogP contribution in [0.2, 0.25) is 0 Å². The first-order chi connectivity index (χ1) is 15.7. The Kier molecular flexibility index (Phi) is 6.63. The van der Waals surface area contributed by atoms with Crippen molar-refractivity contribution in [1.82, 2.24) is 4.31 Å². The van der Waals surface area contributed by atoms with Gasteiger partial charge in [0.2, 0.25) is 10.0 Å². The summed E-state index contributed by atoms with van der Waals surface area (Å²) in [5, 5.41) is 11.6. The molecule has 0 atom stereocenters. The van der Waals surface area contributed by atoms with Crippen LogP contribution in [0.25, 0.3) is 0 Å². The number of anilines is 2. The molecule has 2 saturated heterocycles. The fraction of sp³-hybridized carbons (Fsp3) is 0.500. The van der Waals surface area contributed by atoms with E-state index in [0.717, 1.165) is 54.7 Å². The Hall–Kier alpha value is -2.65. The van der Waals surface area contributed by atoms with E-state index in [1.165, 1.54) is 0 Å². The number of nitro benzene ring substituents is 1. The van der Waals surface area contributed by atoms with E-state index in [0.29, 0.717) is 36.8 Å². The number of rotatable bonds is 5. The van der Waals surface area contributed by atoms with Gasteiger partial charge in [0.25, 0.3) is 5.69 Å². The minimum Gasteiger partial charge on any atom is -0.369 e. The second-order valence-corrected chi connectivity index (χ2v) is 11.0. The third kappa shape index (κ3) is 4.70. The van der Waals surface area contributed by atoms with Crippen molar-refractivity contribution in [3.63, 3.8) is 0 Å². The second-order valence-electron chi connectivity index (χ2n) is 9.10. The number of hydrogen-bond donors (Lipinski definition) is 0. The molecule has 2 aromatic rings. The summed E-state index contributed by atoms with van der Waals surface area (Å²) >= 11 is 0. The summed E-state index contributed by atoms with van der Waals surface area (Å²) in [6.45, 7) is 9.16. The topological polar surface area (TPSA) is 87.0 Å². The lowest BCUT2D eigenvalue weighted by atomic mass is 10.1. The quantitative estimate of drug-likeness (QED) is 0.483. The second kappa shape index (κ2) is 9.30. The van der Waals surface area contributed by atoms with Crippen molar-refractivity contribution in [2.24, 2.45) is 0 Å². The van der Waals surface area contributed by atoms with Crippen LogP contribution in [0.3, 0.4) is 0 Å². The van der Waals surface area contributed by atoms with E-state index in [1.807, 2.05) is 39.0 Å². The number of nitro groups is 1. The Morgan fingerprint density at radius 2 is 1.42 bits per heavy atom. The van der Waals surface area contributed by atoms with Gasteiger partial charge in [0, 0.05) is 51.0 Å². The molecule has 0 radical (unpaired) electrons. The van der Waals surface area contributed by atoms with E-state index < -0.39 is 10.0 Å². The van der Waals surface area contributed by atoms with Gasteiger partial charge in [0.05, 0.1) is 9.82 Å². The van der Waals surface area contributed by atoms with Crippen molar-refractivity contribution in [2.45, 2.75) is 44.9 Å². The summed E-state index contributed by atoms with van der Waals surface area (Å²) in [7, 11) is -3.58. The van der Waals surface area contributed by atoms with Crippen LogP contribution in [0.1, 0.15) is 36.0 Å². The molecule has 2 aromatic carbocycles. The first-order valence-electron chi connectivity index (χ1n) is 11.5. The van der Waals surface area contributed by atoms with E-state index in [4.69, 9.17) is 0 Å². The molecule has 0 bridgehead atoms. The Labute approximate surface area is 196 Å². The lowest BCUT2D eigenvalue weighted by Crippen LogP contribution is -2.49. The zero-order valence-electron chi connectivity index (χ0n) is 19.6. The molecule has 0 N–H and O–H groups in total. The number of hydrogen-bond acceptors (Lipinski definition) is 6. The van der Waals surface area contributed by atoms with Crippen molar-refractivity contribution < 1.29 is 13.3 Å². The molecule has 0 aromatic heterocycles. The van der Waals surface area contributed by atoms with Gasteiger partial charge in [-0.3, -0.25) is 10.1 Å². The molecule has 0 spiro atoms. The van der Waals surface area contributed by atoms with Crippen LogP contribution < -0.4 is 9.80 Å². The van der Waals surface area contributed by atoms with Gasteiger partial charge in [-0.2, -0.15) is 4.31 Å². The molecule has 0 amide bonds. The fourth-order valence-electron chi connectivity index (χ4n) is 5.14. The zero-order chi connectivity index (χ0) is 23.8. The summed E-state index contributed by atoms with van der Waals surface area (Å²) < 4.78 is 28.3. The van der Waals surface area contributed by atoms with Crippen LogP contribution in [0.5, 0.6) is 0 Å². The van der Waals surface area contributed by atoms with Gasteiger partial charge >= 0.3 is 0 Å². The van der Waals surface area contributed by atoms with Gasteiger partial charge in [-0.15, -0.1) is 0 Å². The summed E-state index contributed by atoms with van der Waals surface area (Å²) in [4.78, 5) is 15.9. The Bertz CT molecular complexity index is 1130. The van der Waals surface area contributed by atoms with Crippen molar-refractivity contribution in [3.8, 4) is 0 Å². The molecule has 8 nitrogen and oxygen atoms in total. The number of sulfonamides is 1. The van der Waals surface area contributed by atoms with E-state index in [1.54, 1.807) is 16.4 Å². The molecule has 178 valence electrons. The highest BCUT2D eigenvalue weighted by Gasteiger charge is 2.31. The van der Waals surface area contributed by atoms with Crippen LogP contribution in [0.4, 0.5) is 17.1 Å². The van der Waals surface area contributed by atoms with Crippen LogP contribution in [0.15, 0.2) is 35.2 Å². The molecular formula is C24H32N4O4S. The van der Waals surface area contributed by atoms with Gasteiger partial charge < -0.3 is 9.80 Å². The number of nitrogens with zero attached hydrogens (tertiary/aromatic N) is 4. The normalized spacial score (nSPS) is 17.9. The van der Waals surface area contributed by atoms with Crippen molar-refractivity contribution in [1.29, 1.82) is 0 Å². The summed E-state index contributed by atoms with van der Waals surface area (Å²) in [6, 6.07) is 9.09. The number of piperidine rings is 1. The predicted molar refractivity (Wildman–Crippen MR) is 131 cm³/mol. The largest absolute Gasteiger partial charge is 0.369 e. The smallest absolute Gasteiger partial charge is 0.292 e. The molecule has 4 rings (SSSR count). The molecule has 0 aliphatic carbocycles. The average Bonchev–Trinajstić information content (AvgIpc) is 2.78. The average molecular weight is 473 g/mol. The molecule has 33 heavy (non-hydrogen) atoms. The van der Waals surface area contributed by atoms with Gasteiger partial charge in [-0.05, 0) is 63.3 Å². The molecule has 9 heteroatoms. The first-order valence-corrected chi connectivity index (χ1v) is 13.0. The first kappa shape index (κ1) is 23.5. The predicted octanol–water partition coefficient (Wildman–Crippen LogP) is 4.02. The molecular weight excluding hydrogens is 440 g/mol. The molecule has 2 aliphatic rings. The molecule has 0 unspecified atom stereocenters. The fourth-order valence-corrected chi connectivity index (χ4v) is 6.97. The Balaban J connectivity index is 1.54. The maximum Gasteiger partial charge on any atom is 0.292 e. The van der Waals surface area contributed by atoms with E-state index in [9.17, 15) is 18.5 Å². The lowest BCUT2D eigenvalue weighted by Gasteiger charge is -2.36. The van der Waals surface area contributed by atoms with Crippen molar-refractivity contribution in [3.05, 3.63) is 57.1 Å². The van der Waals surface area contributed by atoms with Gasteiger partial charge in [-0.25, -0.2) is 8.42 Å². The lowest BCUT2D eigenvalue weighted by molar-refractivity contribution is -0.384. The van der Waals surface area contributed by atoms with Crippen LogP contribution in [-0.2, 0) is 10.0 Å². The summed E-state index contributed by atoms with van der Waals surface area (Å²) in [5.74, 6) is 0. The molecule has 2 heterocycles. The highest BCUT2D eigenvalue weighted by Crippen LogP contribution is 2.35. The standard InChI is InChI=1S/C24H32N4O4S/c1-18-15-19(2)24(20(3)16-18)33(31,32)27-13-11-25(12-14-27)21-7-8-22(28(29)30)23(17-21)26-9-5-4-6-10-26/h7-8,15-17H,4-6,9-14H2,1-3H3. The minimum absolute atomic E-state index is 0.132. The number of aryl methyl sites for hydroxylation is 3. The van der Waals surface area contributed by atoms with Crippen LogP contribution in [0, 0.1) is 30.9 Å². The van der Waals surface area contributed by atoms with E-state index in [2.05, 4.69) is 9.80 Å². The van der Waals surface area contributed by atoms with E-state index >= 15 is 0 Å². The SMILES string of the molecule is Cc1cc(C)c(S(=O)(=O)N2CCN(c3ccc([N+](=O)[O-])c(N4CCCCC4)c3)CC2)c(C)c1. The Morgan fingerprint density at radius 1 is 0.818 bits per heavy atom. The minimum atomic E-state index is -3.58. The third-order valence-corrected chi connectivity index (χ3v) is 8.86. The van der Waals surface area contributed by atoms with Gasteiger partial charge in [0.1, 0.15) is 5.69 Å². The number of benzene rings is 2. The van der Waals surface area contributed by atoms with Crippen molar-refractivity contribution in [2.75, 3.05) is 49.1 Å². The summed E-state index contributed by atoms with van der Waals surface area (Å²) in [6.07, 6.45) is 3.23. The molecule has 2 aliphatic heterocycles. The maximum atomic E-state index is 13.4. The van der Waals surface area contributed by atoms with Crippen molar-refractivity contribution >= 4 is 27.1 Å². The van der Waals surface area contributed by atoms with E-state index in [-0.39, 0.29) is 10.6 Å². The highest BCUT2D eigenvalue weighted by atomic mass is 32.2. The highest BCUT2D eigenvalue weighted by molar-refractivity contribution is 7.89. The number of piperazine rings is 1. The maximum absolute atomic E-state index is 13.4. The monoisotopic (exact) mass is 472 g/mol. The molecule has 0 saturated carbocycles. The van der Waals surface area contributed by atoms with Gasteiger partial charge in [-0.1, -0.05) is 17.7 Å². The summed E-state index contributed by atoms with van der Waals surface area (Å²) in [5.41, 5.74) is 4.30. The molecule has 2 fully saturated rings.